The van der Waals surface area contributed by atoms with Crippen LogP contribution in [-0.4, -0.2) is 42.9 Å². The van der Waals surface area contributed by atoms with Crippen molar-refractivity contribution in [3.63, 3.8) is 0 Å². The van der Waals surface area contributed by atoms with Gasteiger partial charge in [-0.3, -0.25) is 4.79 Å². The molecule has 1 amide bonds. The Kier molecular flexibility index (Phi) is 7.04. The summed E-state index contributed by atoms with van der Waals surface area (Å²) >= 11 is 0. The van der Waals surface area contributed by atoms with Gasteiger partial charge in [0.25, 0.3) is 0 Å². The molecule has 0 spiro atoms. The summed E-state index contributed by atoms with van der Waals surface area (Å²) in [6.45, 7) is 4.92. The minimum atomic E-state index is -3.52. The highest BCUT2D eigenvalue weighted by Gasteiger charge is 2.32. The van der Waals surface area contributed by atoms with E-state index in [4.69, 9.17) is 0 Å². The largest absolute Gasteiger partial charge is 0.507 e. The van der Waals surface area contributed by atoms with E-state index < -0.39 is 16.1 Å². The van der Waals surface area contributed by atoms with E-state index in [0.29, 0.717) is 25.2 Å². The molecule has 0 aromatic heterocycles. The number of phenolic OH excluding ortho intramolecular Hbond substituents is 1. The van der Waals surface area contributed by atoms with Crippen LogP contribution in [-0.2, 0) is 14.8 Å². The van der Waals surface area contributed by atoms with Crippen molar-refractivity contribution in [2.24, 2.45) is 0 Å². The lowest BCUT2D eigenvalue weighted by Gasteiger charge is -2.20. The van der Waals surface area contributed by atoms with E-state index in [1.807, 2.05) is 26.0 Å². The zero-order valence-corrected chi connectivity index (χ0v) is 19.9. The van der Waals surface area contributed by atoms with Crippen molar-refractivity contribution in [1.29, 1.82) is 0 Å². The van der Waals surface area contributed by atoms with Gasteiger partial charge in [0.1, 0.15) is 11.8 Å². The molecule has 9 heteroatoms. The smallest absolute Gasteiger partial charge is 0.243 e. The molecule has 178 valence electrons. The summed E-state index contributed by atoms with van der Waals surface area (Å²) in [4.78, 5) is 13.0. The first kappa shape index (κ1) is 23.7. The van der Waals surface area contributed by atoms with Gasteiger partial charge >= 0.3 is 0 Å². The maximum atomic E-state index is 12.9. The van der Waals surface area contributed by atoms with Gasteiger partial charge in [0, 0.05) is 24.3 Å². The standard InChI is InChI=1S/C24H32N4O4S/c1-16-7-12-20(23(29)17(16)2)21-15-22(27-26-21)24(30)25-18-8-10-19(11-9-18)33(31,32)28-13-5-3-4-6-14-28/h7-12,21-22,26-27,29H,3-6,13-15H2,1-2H3,(H,25,30). The second-order valence-electron chi connectivity index (χ2n) is 8.91. The number of rotatable bonds is 5. The summed E-state index contributed by atoms with van der Waals surface area (Å²) in [6.07, 6.45) is 4.37. The number of anilines is 1. The minimum Gasteiger partial charge on any atom is -0.507 e. The summed E-state index contributed by atoms with van der Waals surface area (Å²) in [6, 6.07) is 9.49. The fraction of sp³-hybridized carbons (Fsp3) is 0.458. The molecular formula is C24H32N4O4S. The van der Waals surface area contributed by atoms with Gasteiger partial charge in [0.2, 0.25) is 15.9 Å². The van der Waals surface area contributed by atoms with Crippen LogP contribution in [0.3, 0.4) is 0 Å². The molecule has 2 saturated heterocycles. The van der Waals surface area contributed by atoms with Crippen molar-refractivity contribution in [3.8, 4) is 5.75 Å². The lowest BCUT2D eigenvalue weighted by atomic mass is 9.96. The molecule has 2 aromatic carbocycles. The van der Waals surface area contributed by atoms with Crippen LogP contribution in [0.5, 0.6) is 5.75 Å². The zero-order valence-electron chi connectivity index (χ0n) is 19.1. The number of hydrogen-bond acceptors (Lipinski definition) is 6. The molecule has 4 rings (SSSR count). The predicted molar refractivity (Wildman–Crippen MR) is 127 cm³/mol. The number of nitrogens with zero attached hydrogens (tertiary/aromatic N) is 1. The molecule has 33 heavy (non-hydrogen) atoms. The van der Waals surface area contributed by atoms with E-state index in [9.17, 15) is 18.3 Å². The van der Waals surface area contributed by atoms with E-state index in [0.717, 1.165) is 42.4 Å². The molecular weight excluding hydrogens is 440 g/mol. The molecule has 2 unspecified atom stereocenters. The average molecular weight is 473 g/mol. The Balaban J connectivity index is 1.39. The number of hydrazine groups is 1. The highest BCUT2D eigenvalue weighted by Crippen LogP contribution is 2.33. The van der Waals surface area contributed by atoms with E-state index in [1.165, 1.54) is 0 Å². The first-order valence-electron chi connectivity index (χ1n) is 11.5. The Morgan fingerprint density at radius 3 is 2.33 bits per heavy atom. The maximum absolute atomic E-state index is 12.9. The topological polar surface area (TPSA) is 111 Å². The molecule has 4 N–H and O–H groups in total. The van der Waals surface area contributed by atoms with E-state index in [2.05, 4.69) is 16.2 Å². The van der Waals surface area contributed by atoms with Gasteiger partial charge in [-0.2, -0.15) is 4.31 Å². The number of benzene rings is 2. The molecule has 2 aliphatic heterocycles. The van der Waals surface area contributed by atoms with Gasteiger partial charge in [0.05, 0.1) is 10.9 Å². The number of aromatic hydroxyl groups is 1. The Morgan fingerprint density at radius 2 is 1.67 bits per heavy atom. The average Bonchev–Trinajstić information content (AvgIpc) is 3.12. The number of carbonyl (C=O) groups is 1. The van der Waals surface area contributed by atoms with Crippen molar-refractivity contribution in [2.75, 3.05) is 18.4 Å². The van der Waals surface area contributed by atoms with Crippen molar-refractivity contribution in [2.45, 2.75) is 62.9 Å². The van der Waals surface area contributed by atoms with Crippen LogP contribution < -0.4 is 16.2 Å². The SMILES string of the molecule is Cc1ccc(C2CC(C(=O)Nc3ccc(S(=O)(=O)N4CCCCCC4)cc3)NN2)c(O)c1C. The van der Waals surface area contributed by atoms with E-state index in [1.54, 1.807) is 28.6 Å². The van der Waals surface area contributed by atoms with Crippen LogP contribution in [0.1, 0.15) is 54.8 Å². The van der Waals surface area contributed by atoms with Crippen molar-refractivity contribution in [1.82, 2.24) is 15.2 Å². The summed E-state index contributed by atoms with van der Waals surface area (Å²) in [5.41, 5.74) is 9.22. The van der Waals surface area contributed by atoms with Gasteiger partial charge in [-0.15, -0.1) is 0 Å². The first-order valence-corrected chi connectivity index (χ1v) is 12.9. The van der Waals surface area contributed by atoms with Gasteiger partial charge < -0.3 is 10.4 Å². The van der Waals surface area contributed by atoms with E-state index in [-0.39, 0.29) is 22.6 Å². The molecule has 0 radical (unpaired) electrons. The highest BCUT2D eigenvalue weighted by atomic mass is 32.2. The monoisotopic (exact) mass is 472 g/mol. The Morgan fingerprint density at radius 1 is 1.00 bits per heavy atom. The van der Waals surface area contributed by atoms with Gasteiger partial charge in [-0.05, 0) is 68.5 Å². The van der Waals surface area contributed by atoms with Crippen LogP contribution in [0, 0.1) is 13.8 Å². The fourth-order valence-electron chi connectivity index (χ4n) is 4.41. The Labute approximate surface area is 195 Å². The normalized spacial score (nSPS) is 22.1. The number of hydrogen-bond donors (Lipinski definition) is 4. The third kappa shape index (κ3) is 5.06. The molecule has 2 fully saturated rings. The fourth-order valence-corrected chi connectivity index (χ4v) is 5.92. The molecule has 0 saturated carbocycles. The molecule has 2 aromatic rings. The summed E-state index contributed by atoms with van der Waals surface area (Å²) < 4.78 is 27.4. The third-order valence-electron chi connectivity index (χ3n) is 6.65. The van der Waals surface area contributed by atoms with Crippen molar-refractivity contribution in [3.05, 3.63) is 53.1 Å². The Bertz CT molecular complexity index is 1110. The molecule has 2 aliphatic rings. The predicted octanol–water partition coefficient (Wildman–Crippen LogP) is 3.12. The number of carbonyl (C=O) groups excluding carboxylic acids is 1. The van der Waals surface area contributed by atoms with Gasteiger partial charge in [-0.1, -0.05) is 25.0 Å². The highest BCUT2D eigenvalue weighted by molar-refractivity contribution is 7.89. The second-order valence-corrected chi connectivity index (χ2v) is 10.8. The quantitative estimate of drug-likeness (QED) is 0.532. The van der Waals surface area contributed by atoms with Crippen LogP contribution in [0.15, 0.2) is 41.3 Å². The molecule has 2 atom stereocenters. The van der Waals surface area contributed by atoms with Gasteiger partial charge in [-0.25, -0.2) is 19.3 Å². The third-order valence-corrected chi connectivity index (χ3v) is 8.57. The Hall–Kier alpha value is -2.46. The number of phenols is 1. The van der Waals surface area contributed by atoms with E-state index >= 15 is 0 Å². The lowest BCUT2D eigenvalue weighted by Crippen LogP contribution is -2.39. The summed E-state index contributed by atoms with van der Waals surface area (Å²) in [7, 11) is -3.52. The van der Waals surface area contributed by atoms with Crippen molar-refractivity contribution >= 4 is 21.6 Å². The maximum Gasteiger partial charge on any atom is 0.243 e. The number of sulfonamides is 1. The van der Waals surface area contributed by atoms with Gasteiger partial charge in [0.15, 0.2) is 0 Å². The molecule has 2 heterocycles. The summed E-state index contributed by atoms with van der Waals surface area (Å²) in [5.74, 6) is 0.0213. The van der Waals surface area contributed by atoms with Crippen LogP contribution in [0.25, 0.3) is 0 Å². The summed E-state index contributed by atoms with van der Waals surface area (Å²) in [5, 5.41) is 13.3. The van der Waals surface area contributed by atoms with Crippen LogP contribution in [0.4, 0.5) is 5.69 Å². The minimum absolute atomic E-state index is 0.193. The molecule has 0 aliphatic carbocycles. The number of amides is 1. The van der Waals surface area contributed by atoms with Crippen molar-refractivity contribution < 1.29 is 18.3 Å². The van der Waals surface area contributed by atoms with Crippen LogP contribution in [0.2, 0.25) is 0 Å². The second kappa shape index (κ2) is 9.80. The first-order chi connectivity index (χ1) is 15.8. The van der Waals surface area contributed by atoms with Crippen LogP contribution >= 0.6 is 0 Å². The molecule has 0 bridgehead atoms. The molecule has 8 nitrogen and oxygen atoms in total. The number of nitrogens with one attached hydrogen (secondary N) is 3. The number of aryl methyl sites for hydroxylation is 1. The zero-order chi connectivity index (χ0) is 23.6. The lowest BCUT2D eigenvalue weighted by molar-refractivity contribution is -0.117.